The van der Waals surface area contributed by atoms with Crippen LogP contribution in [0, 0.1) is 0 Å². The van der Waals surface area contributed by atoms with Crippen LogP contribution in [-0.2, 0) is 6.42 Å². The Morgan fingerprint density at radius 1 is 1.16 bits per heavy atom. The van der Waals surface area contributed by atoms with E-state index >= 15 is 0 Å². The average molecular weight is 354 g/mol. The monoisotopic (exact) mass is 353 g/mol. The van der Waals surface area contributed by atoms with E-state index in [4.69, 9.17) is 16.3 Å². The van der Waals surface area contributed by atoms with Gasteiger partial charge < -0.3 is 4.74 Å². The maximum absolute atomic E-state index is 11.4. The van der Waals surface area contributed by atoms with Crippen molar-refractivity contribution in [2.45, 2.75) is 20.3 Å². The average Bonchev–Trinajstić information content (AvgIpc) is 2.63. The first-order chi connectivity index (χ1) is 12.1. The normalized spacial score (nSPS) is 10.5. The molecule has 2 heterocycles. The molecular weight excluding hydrogens is 338 g/mol. The molecular formula is C19H16ClN3O2. The molecule has 0 N–H and O–H groups in total. The van der Waals surface area contributed by atoms with Gasteiger partial charge in [0.15, 0.2) is 11.6 Å². The highest BCUT2D eigenvalue weighted by atomic mass is 35.5. The number of benzene rings is 1. The number of ether oxygens (including phenoxy) is 1. The van der Waals surface area contributed by atoms with Gasteiger partial charge in [-0.1, -0.05) is 24.6 Å². The molecule has 126 valence electrons. The number of pyridine rings is 1. The fourth-order valence-corrected chi connectivity index (χ4v) is 2.45. The quantitative estimate of drug-likeness (QED) is 0.619. The number of aromatic nitrogens is 3. The van der Waals surface area contributed by atoms with Crippen molar-refractivity contribution < 1.29 is 9.53 Å². The molecule has 0 saturated carbocycles. The molecule has 0 aliphatic rings. The first-order valence-electron chi connectivity index (χ1n) is 7.84. The Labute approximate surface area is 150 Å². The molecule has 6 heteroatoms. The minimum atomic E-state index is -0.0545. The SMILES string of the molecule is CCc1cc(Oc2ccc(C(C)=O)cc2Cl)nc(-c2ccccn2)n1. The van der Waals surface area contributed by atoms with Crippen LogP contribution in [0.1, 0.15) is 29.9 Å². The second-order valence-corrected chi connectivity index (χ2v) is 5.80. The van der Waals surface area contributed by atoms with Crippen LogP contribution >= 0.6 is 11.6 Å². The maximum atomic E-state index is 11.4. The van der Waals surface area contributed by atoms with E-state index in [2.05, 4.69) is 15.0 Å². The van der Waals surface area contributed by atoms with E-state index in [-0.39, 0.29) is 5.78 Å². The van der Waals surface area contributed by atoms with Crippen molar-refractivity contribution in [2.75, 3.05) is 0 Å². The standard InChI is InChI=1S/C19H16ClN3O2/c1-3-14-11-18(23-19(22-14)16-6-4-5-9-21-16)25-17-8-7-13(12(2)24)10-15(17)20/h4-11H,3H2,1-2H3. The molecule has 0 amide bonds. The lowest BCUT2D eigenvalue weighted by molar-refractivity contribution is 0.101. The van der Waals surface area contributed by atoms with E-state index < -0.39 is 0 Å². The molecule has 0 aliphatic heterocycles. The Morgan fingerprint density at radius 3 is 2.64 bits per heavy atom. The lowest BCUT2D eigenvalue weighted by Gasteiger charge is -2.10. The van der Waals surface area contributed by atoms with E-state index in [0.717, 1.165) is 12.1 Å². The van der Waals surface area contributed by atoms with E-state index in [1.807, 2.05) is 25.1 Å². The molecule has 25 heavy (non-hydrogen) atoms. The third kappa shape index (κ3) is 4.00. The van der Waals surface area contributed by atoms with Gasteiger partial charge in [-0.05, 0) is 43.7 Å². The zero-order chi connectivity index (χ0) is 17.8. The summed E-state index contributed by atoms with van der Waals surface area (Å²) >= 11 is 6.22. The molecule has 3 rings (SSSR count). The lowest BCUT2D eigenvalue weighted by Crippen LogP contribution is -1.99. The topological polar surface area (TPSA) is 65.0 Å². The second-order valence-electron chi connectivity index (χ2n) is 5.39. The highest BCUT2D eigenvalue weighted by molar-refractivity contribution is 6.32. The van der Waals surface area contributed by atoms with Crippen LogP contribution in [0.2, 0.25) is 5.02 Å². The van der Waals surface area contributed by atoms with E-state index in [1.165, 1.54) is 6.92 Å². The number of halogens is 1. The fourth-order valence-electron chi connectivity index (χ4n) is 2.23. The summed E-state index contributed by atoms with van der Waals surface area (Å²) in [4.78, 5) is 24.6. The van der Waals surface area contributed by atoms with Gasteiger partial charge in [0.05, 0.1) is 5.02 Å². The fraction of sp³-hybridized carbons (Fsp3) is 0.158. The molecule has 0 spiro atoms. The predicted molar refractivity (Wildman–Crippen MR) is 96.2 cm³/mol. The summed E-state index contributed by atoms with van der Waals surface area (Å²) in [5, 5.41) is 0.351. The Morgan fingerprint density at radius 2 is 2.00 bits per heavy atom. The first kappa shape index (κ1) is 17.0. The van der Waals surface area contributed by atoms with Gasteiger partial charge in [-0.15, -0.1) is 0 Å². The van der Waals surface area contributed by atoms with Crippen LogP contribution in [-0.4, -0.2) is 20.7 Å². The van der Waals surface area contributed by atoms with Crippen molar-refractivity contribution in [3.05, 3.63) is 64.9 Å². The summed E-state index contributed by atoms with van der Waals surface area (Å²) in [6.07, 6.45) is 2.42. The zero-order valence-corrected chi connectivity index (χ0v) is 14.6. The molecule has 0 fully saturated rings. The highest BCUT2D eigenvalue weighted by Gasteiger charge is 2.11. The van der Waals surface area contributed by atoms with E-state index in [1.54, 1.807) is 30.5 Å². The lowest BCUT2D eigenvalue weighted by atomic mass is 10.1. The van der Waals surface area contributed by atoms with Gasteiger partial charge in [-0.25, -0.2) is 4.98 Å². The van der Waals surface area contributed by atoms with Crippen molar-refractivity contribution >= 4 is 17.4 Å². The number of carbonyl (C=O) groups excluding carboxylic acids is 1. The van der Waals surface area contributed by atoms with Crippen molar-refractivity contribution in [2.24, 2.45) is 0 Å². The number of carbonyl (C=O) groups is 1. The van der Waals surface area contributed by atoms with Gasteiger partial charge in [0, 0.05) is 23.5 Å². The molecule has 0 radical (unpaired) electrons. The van der Waals surface area contributed by atoms with E-state index in [9.17, 15) is 4.79 Å². The van der Waals surface area contributed by atoms with Crippen molar-refractivity contribution in [3.63, 3.8) is 0 Å². The van der Waals surface area contributed by atoms with Gasteiger partial charge in [0.25, 0.3) is 0 Å². The Bertz CT molecular complexity index is 914. The minimum absolute atomic E-state index is 0.0545. The number of aryl methyl sites for hydroxylation is 1. The van der Waals surface area contributed by atoms with Crippen molar-refractivity contribution in [3.8, 4) is 23.1 Å². The molecule has 0 saturated heterocycles. The summed E-state index contributed by atoms with van der Waals surface area (Å²) in [7, 11) is 0. The van der Waals surface area contributed by atoms with Crippen LogP contribution in [0.5, 0.6) is 11.6 Å². The molecule has 5 nitrogen and oxygen atoms in total. The number of nitrogens with zero attached hydrogens (tertiary/aromatic N) is 3. The highest BCUT2D eigenvalue weighted by Crippen LogP contribution is 2.30. The van der Waals surface area contributed by atoms with Crippen LogP contribution < -0.4 is 4.74 Å². The Balaban J connectivity index is 1.96. The van der Waals surface area contributed by atoms with Crippen LogP contribution in [0.3, 0.4) is 0 Å². The van der Waals surface area contributed by atoms with Crippen LogP contribution in [0.4, 0.5) is 0 Å². The van der Waals surface area contributed by atoms with Crippen molar-refractivity contribution in [1.82, 2.24) is 15.0 Å². The van der Waals surface area contributed by atoms with E-state index in [0.29, 0.717) is 33.7 Å². The number of hydrogen-bond donors (Lipinski definition) is 0. The molecule has 3 aromatic rings. The third-order valence-corrected chi connectivity index (χ3v) is 3.86. The van der Waals surface area contributed by atoms with Crippen molar-refractivity contribution in [1.29, 1.82) is 0 Å². The van der Waals surface area contributed by atoms with Gasteiger partial charge in [-0.2, -0.15) is 4.98 Å². The molecule has 0 atom stereocenters. The molecule has 1 aromatic carbocycles. The summed E-state index contributed by atoms with van der Waals surface area (Å²) in [5.41, 5.74) is 2.03. The van der Waals surface area contributed by atoms with Gasteiger partial charge in [-0.3, -0.25) is 9.78 Å². The predicted octanol–water partition coefficient (Wildman–Crippen LogP) is 4.75. The summed E-state index contributed by atoms with van der Waals surface area (Å²) in [6, 6.07) is 12.2. The number of hydrogen-bond acceptors (Lipinski definition) is 5. The Hall–Kier alpha value is -2.79. The van der Waals surface area contributed by atoms with Gasteiger partial charge in [0.2, 0.25) is 5.88 Å². The van der Waals surface area contributed by atoms with Gasteiger partial charge in [0.1, 0.15) is 11.4 Å². The molecule has 2 aromatic heterocycles. The zero-order valence-electron chi connectivity index (χ0n) is 13.9. The summed E-state index contributed by atoms with van der Waals surface area (Å²) < 4.78 is 5.83. The summed E-state index contributed by atoms with van der Waals surface area (Å²) in [5.74, 6) is 1.25. The molecule has 0 bridgehead atoms. The first-order valence-corrected chi connectivity index (χ1v) is 8.22. The number of rotatable bonds is 5. The van der Waals surface area contributed by atoms with Crippen LogP contribution in [0.15, 0.2) is 48.7 Å². The minimum Gasteiger partial charge on any atom is -0.437 e. The molecule has 0 unspecified atom stereocenters. The number of ketones is 1. The maximum Gasteiger partial charge on any atom is 0.223 e. The second kappa shape index (κ2) is 7.40. The molecule has 0 aliphatic carbocycles. The number of Topliss-reactive ketones (excluding diaryl/α,β-unsaturated/α-hetero) is 1. The van der Waals surface area contributed by atoms with Crippen LogP contribution in [0.25, 0.3) is 11.5 Å². The van der Waals surface area contributed by atoms with Gasteiger partial charge >= 0.3 is 0 Å². The Kier molecular flexibility index (Phi) is 5.05. The third-order valence-electron chi connectivity index (χ3n) is 3.56. The summed E-state index contributed by atoms with van der Waals surface area (Å²) in [6.45, 7) is 3.49. The largest absolute Gasteiger partial charge is 0.437 e. The smallest absolute Gasteiger partial charge is 0.223 e.